The van der Waals surface area contributed by atoms with Crippen LogP contribution in [0.5, 0.6) is 0 Å². The lowest BCUT2D eigenvalue weighted by Crippen LogP contribution is -2.17. The molecular weight excluding hydrogens is 248 g/mol. The van der Waals surface area contributed by atoms with Crippen LogP contribution in [-0.4, -0.2) is 10.9 Å². The van der Waals surface area contributed by atoms with Crippen molar-refractivity contribution in [2.75, 3.05) is 0 Å². The second kappa shape index (κ2) is 6.83. The number of benzene rings is 2. The van der Waals surface area contributed by atoms with Crippen LogP contribution in [0.2, 0.25) is 0 Å². The molecule has 0 spiro atoms. The van der Waals surface area contributed by atoms with Crippen LogP contribution in [0.3, 0.4) is 0 Å². The molecule has 0 fully saturated rings. The van der Waals surface area contributed by atoms with Crippen molar-refractivity contribution in [1.29, 1.82) is 0 Å². The number of carbonyl (C=O) groups excluding carboxylic acids is 1. The van der Waals surface area contributed by atoms with Crippen LogP contribution in [0.4, 0.5) is 0 Å². The summed E-state index contributed by atoms with van der Waals surface area (Å²) in [5.41, 5.74) is 1.74. The van der Waals surface area contributed by atoms with Crippen molar-refractivity contribution in [2.24, 2.45) is 5.92 Å². The van der Waals surface area contributed by atoms with Gasteiger partial charge in [-0.2, -0.15) is 0 Å². The van der Waals surface area contributed by atoms with Gasteiger partial charge in [0.25, 0.3) is 0 Å². The van der Waals surface area contributed by atoms with Gasteiger partial charge in [-0.05, 0) is 17.2 Å². The van der Waals surface area contributed by atoms with Crippen LogP contribution < -0.4 is 0 Å². The number of aliphatic hydroxyl groups excluding tert-OH is 1. The van der Waals surface area contributed by atoms with Gasteiger partial charge in [0, 0.05) is 5.92 Å². The molecule has 0 saturated heterocycles. The van der Waals surface area contributed by atoms with Gasteiger partial charge in [-0.15, -0.1) is 0 Å². The number of ketones is 1. The van der Waals surface area contributed by atoms with Crippen molar-refractivity contribution in [2.45, 2.75) is 13.0 Å². The summed E-state index contributed by atoms with van der Waals surface area (Å²) < 4.78 is 0. The summed E-state index contributed by atoms with van der Waals surface area (Å²) in [5.74, 6) is -0.539. The van der Waals surface area contributed by atoms with Crippen LogP contribution in [0.15, 0.2) is 66.7 Å². The maximum absolute atomic E-state index is 12.1. The molecule has 20 heavy (non-hydrogen) atoms. The van der Waals surface area contributed by atoms with Crippen molar-refractivity contribution in [3.8, 4) is 0 Å². The second-order valence-electron chi connectivity index (χ2n) is 4.79. The smallest absolute Gasteiger partial charge is 0.161 e. The van der Waals surface area contributed by atoms with Crippen molar-refractivity contribution >= 4 is 11.9 Å². The fraction of sp³-hybridized carbons (Fsp3) is 0.167. The van der Waals surface area contributed by atoms with Gasteiger partial charge in [-0.3, -0.25) is 4.79 Å². The molecule has 2 aromatic carbocycles. The van der Waals surface area contributed by atoms with E-state index < -0.39 is 12.0 Å². The zero-order valence-electron chi connectivity index (χ0n) is 11.4. The Morgan fingerprint density at radius 2 is 1.55 bits per heavy atom. The largest absolute Gasteiger partial charge is 0.388 e. The molecule has 0 saturated carbocycles. The SMILES string of the molecule is C[C@H](C(=O)/C=C/c1ccccc1)[C@H](O)c1ccccc1. The minimum atomic E-state index is -0.774. The monoisotopic (exact) mass is 266 g/mol. The fourth-order valence-corrected chi connectivity index (χ4v) is 1.99. The summed E-state index contributed by atoms with van der Waals surface area (Å²) in [6.07, 6.45) is 2.53. The third kappa shape index (κ3) is 3.65. The maximum Gasteiger partial charge on any atom is 0.161 e. The molecule has 0 bridgehead atoms. The molecule has 0 amide bonds. The van der Waals surface area contributed by atoms with Gasteiger partial charge < -0.3 is 5.11 Å². The highest BCUT2D eigenvalue weighted by molar-refractivity contribution is 5.95. The summed E-state index contributed by atoms with van der Waals surface area (Å²) in [7, 11) is 0. The zero-order chi connectivity index (χ0) is 14.4. The Morgan fingerprint density at radius 3 is 2.15 bits per heavy atom. The number of aliphatic hydroxyl groups is 1. The number of carbonyl (C=O) groups is 1. The average molecular weight is 266 g/mol. The van der Waals surface area contributed by atoms with E-state index in [0.717, 1.165) is 11.1 Å². The minimum Gasteiger partial charge on any atom is -0.388 e. The highest BCUT2D eigenvalue weighted by Gasteiger charge is 2.21. The molecule has 2 aromatic rings. The molecule has 0 aliphatic heterocycles. The Hall–Kier alpha value is -2.19. The second-order valence-corrected chi connectivity index (χ2v) is 4.79. The maximum atomic E-state index is 12.1. The van der Waals surface area contributed by atoms with E-state index in [2.05, 4.69) is 0 Å². The summed E-state index contributed by atoms with van der Waals surface area (Å²) in [6, 6.07) is 18.9. The highest BCUT2D eigenvalue weighted by atomic mass is 16.3. The Balaban J connectivity index is 2.04. The van der Waals surface area contributed by atoms with E-state index in [9.17, 15) is 9.90 Å². The van der Waals surface area contributed by atoms with Crippen molar-refractivity contribution < 1.29 is 9.90 Å². The Kier molecular flexibility index (Phi) is 4.85. The van der Waals surface area contributed by atoms with Gasteiger partial charge in [0.2, 0.25) is 0 Å². The number of rotatable bonds is 5. The van der Waals surface area contributed by atoms with E-state index in [-0.39, 0.29) is 5.78 Å². The Labute approximate surface area is 119 Å². The van der Waals surface area contributed by atoms with Crippen molar-refractivity contribution in [3.05, 3.63) is 77.9 Å². The molecule has 2 atom stereocenters. The molecule has 1 N–H and O–H groups in total. The third-order valence-corrected chi connectivity index (χ3v) is 3.30. The summed E-state index contributed by atoms with van der Waals surface area (Å²) in [4.78, 5) is 12.1. The molecule has 0 radical (unpaired) electrons. The van der Waals surface area contributed by atoms with Crippen LogP contribution in [-0.2, 0) is 4.79 Å². The van der Waals surface area contributed by atoms with E-state index in [0.29, 0.717) is 0 Å². The molecule has 2 heteroatoms. The molecule has 0 heterocycles. The third-order valence-electron chi connectivity index (χ3n) is 3.30. The molecule has 2 rings (SSSR count). The van der Waals surface area contributed by atoms with Crippen molar-refractivity contribution in [3.63, 3.8) is 0 Å². The highest BCUT2D eigenvalue weighted by Crippen LogP contribution is 2.22. The molecule has 102 valence electrons. The molecule has 0 aliphatic rings. The predicted molar refractivity (Wildman–Crippen MR) is 81.0 cm³/mol. The topological polar surface area (TPSA) is 37.3 Å². The normalized spacial score (nSPS) is 14.1. The fourth-order valence-electron chi connectivity index (χ4n) is 1.99. The molecule has 0 unspecified atom stereocenters. The van der Waals surface area contributed by atoms with Crippen LogP contribution in [0, 0.1) is 5.92 Å². The quantitative estimate of drug-likeness (QED) is 0.839. The first-order chi connectivity index (χ1) is 9.68. The van der Waals surface area contributed by atoms with Crippen molar-refractivity contribution in [1.82, 2.24) is 0 Å². The van der Waals surface area contributed by atoms with Gasteiger partial charge in [0.05, 0.1) is 6.10 Å². The summed E-state index contributed by atoms with van der Waals surface area (Å²) in [5, 5.41) is 10.2. The van der Waals surface area contributed by atoms with Gasteiger partial charge in [0.1, 0.15) is 0 Å². The van der Waals surface area contributed by atoms with Crippen LogP contribution in [0.25, 0.3) is 6.08 Å². The van der Waals surface area contributed by atoms with Gasteiger partial charge in [-0.25, -0.2) is 0 Å². The summed E-state index contributed by atoms with van der Waals surface area (Å²) >= 11 is 0. The van der Waals surface area contributed by atoms with Crippen LogP contribution in [0.1, 0.15) is 24.2 Å². The van der Waals surface area contributed by atoms with E-state index in [1.165, 1.54) is 6.08 Å². The van der Waals surface area contributed by atoms with Gasteiger partial charge in [0.15, 0.2) is 5.78 Å². The molecule has 2 nitrogen and oxygen atoms in total. The first-order valence-electron chi connectivity index (χ1n) is 6.68. The first kappa shape index (κ1) is 14.2. The lowest BCUT2D eigenvalue weighted by Gasteiger charge is -2.16. The Morgan fingerprint density at radius 1 is 1.00 bits per heavy atom. The first-order valence-corrected chi connectivity index (χ1v) is 6.68. The summed E-state index contributed by atoms with van der Waals surface area (Å²) in [6.45, 7) is 1.75. The zero-order valence-corrected chi connectivity index (χ0v) is 11.4. The van der Waals surface area contributed by atoms with Crippen LogP contribution >= 0.6 is 0 Å². The Bertz CT molecular complexity index is 573. The number of hydrogen-bond acceptors (Lipinski definition) is 2. The van der Waals surface area contributed by atoms with E-state index in [1.807, 2.05) is 60.7 Å². The van der Waals surface area contributed by atoms with Gasteiger partial charge in [-0.1, -0.05) is 73.7 Å². The molecule has 0 aliphatic carbocycles. The number of allylic oxidation sites excluding steroid dienone is 1. The van der Waals surface area contributed by atoms with E-state index in [1.54, 1.807) is 13.0 Å². The lowest BCUT2D eigenvalue weighted by atomic mass is 9.93. The van der Waals surface area contributed by atoms with Gasteiger partial charge >= 0.3 is 0 Å². The predicted octanol–water partition coefficient (Wildman–Crippen LogP) is 3.64. The lowest BCUT2D eigenvalue weighted by molar-refractivity contribution is -0.120. The molecule has 0 aromatic heterocycles. The average Bonchev–Trinajstić information content (AvgIpc) is 2.53. The molecular formula is C18H18O2. The van der Waals surface area contributed by atoms with E-state index >= 15 is 0 Å². The number of hydrogen-bond donors (Lipinski definition) is 1. The van der Waals surface area contributed by atoms with E-state index in [4.69, 9.17) is 0 Å². The minimum absolute atomic E-state index is 0.0785. The standard InChI is InChI=1S/C18H18O2/c1-14(18(20)16-10-6-3-7-11-16)17(19)13-12-15-8-4-2-5-9-15/h2-14,18,20H,1H3/b13-12+/t14-,18+/m1/s1.